The Morgan fingerprint density at radius 1 is 0.958 bits per heavy atom. The summed E-state index contributed by atoms with van der Waals surface area (Å²) in [5.41, 5.74) is 3.18. The van der Waals surface area contributed by atoms with Gasteiger partial charge in [0.2, 0.25) is 0 Å². The predicted molar refractivity (Wildman–Crippen MR) is 85.9 cm³/mol. The first kappa shape index (κ1) is 16.7. The normalized spacial score (nSPS) is 11.0. The van der Waals surface area contributed by atoms with Crippen LogP contribution in [0.5, 0.6) is 0 Å². The Bertz CT molecular complexity index is 830. The Balaban J connectivity index is 2.11. The van der Waals surface area contributed by atoms with Crippen LogP contribution in [0.1, 0.15) is 22.8 Å². The van der Waals surface area contributed by atoms with Crippen LogP contribution in [0.4, 0.5) is 11.4 Å². The minimum Gasteiger partial charge on any atom is -0.267 e. The molecule has 1 amide bonds. The fourth-order valence-corrected chi connectivity index (χ4v) is 1.85. The second-order valence-corrected chi connectivity index (χ2v) is 4.75. The van der Waals surface area contributed by atoms with Gasteiger partial charge in [-0.25, -0.2) is 5.43 Å². The summed E-state index contributed by atoms with van der Waals surface area (Å²) in [5, 5.41) is 25.2. The molecule has 2 rings (SSSR count). The van der Waals surface area contributed by atoms with E-state index in [0.717, 1.165) is 6.07 Å². The summed E-state index contributed by atoms with van der Waals surface area (Å²) >= 11 is 0. The molecule has 0 unspecified atom stereocenters. The first-order chi connectivity index (χ1) is 11.4. The number of carbonyl (C=O) groups excluding carboxylic acids is 1. The lowest BCUT2D eigenvalue weighted by molar-refractivity contribution is -0.385. The second kappa shape index (κ2) is 7.09. The third-order valence-corrected chi connectivity index (χ3v) is 3.14. The van der Waals surface area contributed by atoms with Crippen LogP contribution >= 0.6 is 0 Å². The first-order valence-corrected chi connectivity index (χ1v) is 6.72. The zero-order chi connectivity index (χ0) is 17.7. The van der Waals surface area contributed by atoms with E-state index in [2.05, 4.69) is 10.5 Å². The number of non-ortho nitro benzene ring substituents is 2. The summed E-state index contributed by atoms with van der Waals surface area (Å²) in [6, 6.07) is 10.9. The number of nitrogens with zero attached hydrogens (tertiary/aromatic N) is 3. The zero-order valence-electron chi connectivity index (χ0n) is 12.5. The van der Waals surface area contributed by atoms with Gasteiger partial charge in [-0.3, -0.25) is 25.0 Å². The molecule has 0 spiro atoms. The molecule has 9 nitrogen and oxygen atoms in total. The van der Waals surface area contributed by atoms with Crippen molar-refractivity contribution in [1.29, 1.82) is 0 Å². The van der Waals surface area contributed by atoms with Gasteiger partial charge in [-0.1, -0.05) is 6.07 Å². The van der Waals surface area contributed by atoms with Gasteiger partial charge in [-0.2, -0.15) is 5.10 Å². The Morgan fingerprint density at radius 3 is 2.17 bits per heavy atom. The molecule has 0 saturated heterocycles. The summed E-state index contributed by atoms with van der Waals surface area (Å²) in [6.45, 7) is 1.62. The third kappa shape index (κ3) is 3.97. The molecule has 0 atom stereocenters. The van der Waals surface area contributed by atoms with Crippen molar-refractivity contribution in [3.05, 3.63) is 79.9 Å². The number of hydrogen-bond donors (Lipinski definition) is 1. The number of benzene rings is 2. The van der Waals surface area contributed by atoms with E-state index in [9.17, 15) is 25.0 Å². The summed E-state index contributed by atoms with van der Waals surface area (Å²) < 4.78 is 0. The highest BCUT2D eigenvalue weighted by molar-refractivity contribution is 6.01. The van der Waals surface area contributed by atoms with Gasteiger partial charge in [-0.05, 0) is 30.7 Å². The molecule has 0 aliphatic heterocycles. The summed E-state index contributed by atoms with van der Waals surface area (Å²) in [5.74, 6) is -0.597. The maximum absolute atomic E-state index is 12.0. The maximum atomic E-state index is 12.0. The lowest BCUT2D eigenvalue weighted by Gasteiger charge is -2.03. The highest BCUT2D eigenvalue weighted by Gasteiger charge is 2.11. The van der Waals surface area contributed by atoms with E-state index < -0.39 is 15.8 Å². The van der Waals surface area contributed by atoms with E-state index in [1.165, 1.54) is 42.5 Å². The number of nitrogens with one attached hydrogen (secondary N) is 1. The van der Waals surface area contributed by atoms with Gasteiger partial charge in [0, 0.05) is 29.8 Å². The molecule has 0 aromatic heterocycles. The highest BCUT2D eigenvalue weighted by Crippen LogP contribution is 2.14. The van der Waals surface area contributed by atoms with E-state index in [4.69, 9.17) is 0 Å². The molecule has 2 aromatic carbocycles. The SMILES string of the molecule is CC(=NNC(=O)c1cccc([N+](=O)[O-])c1)c1ccc([N+](=O)[O-])cc1. The molecule has 2 aromatic rings. The number of hydrazone groups is 1. The van der Waals surface area contributed by atoms with Gasteiger partial charge < -0.3 is 0 Å². The maximum Gasteiger partial charge on any atom is 0.271 e. The van der Waals surface area contributed by atoms with Gasteiger partial charge in [-0.15, -0.1) is 0 Å². The van der Waals surface area contributed by atoms with Crippen LogP contribution in [0.25, 0.3) is 0 Å². The van der Waals surface area contributed by atoms with Crippen molar-refractivity contribution in [1.82, 2.24) is 5.43 Å². The van der Waals surface area contributed by atoms with E-state index in [0.29, 0.717) is 11.3 Å². The molecule has 0 aliphatic rings. The minimum absolute atomic E-state index is 0.0489. The number of nitro benzene ring substituents is 2. The second-order valence-electron chi connectivity index (χ2n) is 4.75. The van der Waals surface area contributed by atoms with Crippen LogP contribution in [-0.2, 0) is 0 Å². The molecule has 0 aliphatic carbocycles. The Hall–Kier alpha value is -3.62. The number of nitro groups is 2. The van der Waals surface area contributed by atoms with Gasteiger partial charge in [0.05, 0.1) is 15.6 Å². The molecule has 1 N–H and O–H groups in total. The molecule has 122 valence electrons. The Kier molecular flexibility index (Phi) is 4.95. The minimum atomic E-state index is -0.597. The van der Waals surface area contributed by atoms with Crippen molar-refractivity contribution in [3.8, 4) is 0 Å². The van der Waals surface area contributed by atoms with Crippen LogP contribution in [0, 0.1) is 20.2 Å². The van der Waals surface area contributed by atoms with Crippen LogP contribution in [0.3, 0.4) is 0 Å². The van der Waals surface area contributed by atoms with Crippen LogP contribution < -0.4 is 5.43 Å². The number of rotatable bonds is 5. The summed E-state index contributed by atoms with van der Waals surface area (Å²) in [4.78, 5) is 32.2. The zero-order valence-corrected chi connectivity index (χ0v) is 12.5. The molecular weight excluding hydrogens is 316 g/mol. The first-order valence-electron chi connectivity index (χ1n) is 6.72. The smallest absolute Gasteiger partial charge is 0.267 e. The quantitative estimate of drug-likeness (QED) is 0.512. The Labute approximate surface area is 135 Å². The standard InChI is InChI=1S/C15H12N4O5/c1-10(11-5-7-13(8-6-11)18(21)22)16-17-15(20)12-3-2-4-14(9-12)19(23)24/h2-9H,1H3,(H,17,20). The lowest BCUT2D eigenvalue weighted by Crippen LogP contribution is -2.19. The molecule has 0 radical (unpaired) electrons. The topological polar surface area (TPSA) is 128 Å². The molecule has 0 fully saturated rings. The van der Waals surface area contributed by atoms with Crippen molar-refractivity contribution in [2.45, 2.75) is 6.92 Å². The average molecular weight is 328 g/mol. The van der Waals surface area contributed by atoms with Gasteiger partial charge in [0.15, 0.2) is 0 Å². The number of carbonyl (C=O) groups is 1. The third-order valence-electron chi connectivity index (χ3n) is 3.14. The van der Waals surface area contributed by atoms with Gasteiger partial charge in [0.25, 0.3) is 17.3 Å². The molecule has 0 heterocycles. The van der Waals surface area contributed by atoms with E-state index >= 15 is 0 Å². The average Bonchev–Trinajstić information content (AvgIpc) is 2.59. The monoisotopic (exact) mass is 328 g/mol. The molecule has 9 heteroatoms. The van der Waals surface area contributed by atoms with Gasteiger partial charge >= 0.3 is 0 Å². The van der Waals surface area contributed by atoms with Crippen LogP contribution in [-0.4, -0.2) is 21.5 Å². The molecule has 0 bridgehead atoms. The van der Waals surface area contributed by atoms with E-state index in [1.807, 2.05) is 0 Å². The molecule has 24 heavy (non-hydrogen) atoms. The van der Waals surface area contributed by atoms with Crippen molar-refractivity contribution in [2.75, 3.05) is 0 Å². The molecule has 0 saturated carbocycles. The highest BCUT2D eigenvalue weighted by atomic mass is 16.6. The number of amides is 1. The van der Waals surface area contributed by atoms with Gasteiger partial charge in [0.1, 0.15) is 0 Å². The van der Waals surface area contributed by atoms with Crippen molar-refractivity contribution < 1.29 is 14.6 Å². The van der Waals surface area contributed by atoms with E-state index in [1.54, 1.807) is 6.92 Å². The van der Waals surface area contributed by atoms with Crippen molar-refractivity contribution in [2.24, 2.45) is 5.10 Å². The summed E-state index contributed by atoms with van der Waals surface area (Å²) in [7, 11) is 0. The fourth-order valence-electron chi connectivity index (χ4n) is 1.85. The van der Waals surface area contributed by atoms with Crippen molar-refractivity contribution >= 4 is 23.0 Å². The molecular formula is C15H12N4O5. The van der Waals surface area contributed by atoms with Crippen molar-refractivity contribution in [3.63, 3.8) is 0 Å². The number of hydrogen-bond acceptors (Lipinski definition) is 6. The van der Waals surface area contributed by atoms with Crippen LogP contribution in [0.2, 0.25) is 0 Å². The largest absolute Gasteiger partial charge is 0.271 e. The Morgan fingerprint density at radius 2 is 1.58 bits per heavy atom. The summed E-state index contributed by atoms with van der Waals surface area (Å²) in [6.07, 6.45) is 0. The van der Waals surface area contributed by atoms with E-state index in [-0.39, 0.29) is 16.9 Å². The van der Waals surface area contributed by atoms with Crippen LogP contribution in [0.15, 0.2) is 53.6 Å². The fraction of sp³-hybridized carbons (Fsp3) is 0.0667. The lowest BCUT2D eigenvalue weighted by atomic mass is 10.1. The predicted octanol–water partition coefficient (Wildman–Crippen LogP) is 2.66.